The zero-order valence-corrected chi connectivity index (χ0v) is 17.3. The van der Waals surface area contributed by atoms with Gasteiger partial charge in [0.05, 0.1) is 11.4 Å². The Morgan fingerprint density at radius 2 is 1.75 bits per heavy atom. The predicted molar refractivity (Wildman–Crippen MR) is 106 cm³/mol. The standard InChI is InChI=1S/C19H26ClN3O4S/c20-16-7-4-8-17(13-16)28(26,27)23-11-9-22(10-12-23)18(24)14-21-19(25)15-5-2-1-3-6-15/h4,7-8,13,15H,1-3,5-6,9-12,14H2,(H,21,25). The summed E-state index contributed by atoms with van der Waals surface area (Å²) in [6, 6.07) is 6.16. The molecule has 0 unspecified atom stereocenters. The highest BCUT2D eigenvalue weighted by Crippen LogP contribution is 2.23. The molecule has 1 saturated heterocycles. The van der Waals surface area contributed by atoms with Crippen molar-refractivity contribution in [2.24, 2.45) is 5.92 Å². The zero-order chi connectivity index (χ0) is 20.1. The van der Waals surface area contributed by atoms with Crippen molar-refractivity contribution in [3.05, 3.63) is 29.3 Å². The molecule has 2 aliphatic rings. The van der Waals surface area contributed by atoms with Crippen LogP contribution in [-0.4, -0.2) is 62.2 Å². The second-order valence-corrected chi connectivity index (χ2v) is 9.67. The summed E-state index contributed by atoms with van der Waals surface area (Å²) >= 11 is 5.90. The summed E-state index contributed by atoms with van der Waals surface area (Å²) in [5.74, 6) is -0.208. The first kappa shape index (κ1) is 21.1. The van der Waals surface area contributed by atoms with E-state index in [1.807, 2.05) is 0 Å². The van der Waals surface area contributed by atoms with Crippen molar-refractivity contribution >= 4 is 33.4 Å². The Kier molecular flexibility index (Phi) is 6.95. The van der Waals surface area contributed by atoms with Gasteiger partial charge in [-0.25, -0.2) is 8.42 Å². The van der Waals surface area contributed by atoms with Gasteiger partial charge in [0.2, 0.25) is 21.8 Å². The molecule has 9 heteroatoms. The summed E-state index contributed by atoms with van der Waals surface area (Å²) in [5, 5.41) is 3.11. The Labute approximate surface area is 171 Å². The highest BCUT2D eigenvalue weighted by atomic mass is 35.5. The number of piperazine rings is 1. The lowest BCUT2D eigenvalue weighted by Crippen LogP contribution is -2.52. The van der Waals surface area contributed by atoms with E-state index in [4.69, 9.17) is 11.6 Å². The molecule has 1 N–H and O–H groups in total. The van der Waals surface area contributed by atoms with Gasteiger partial charge in [-0.1, -0.05) is 36.9 Å². The lowest BCUT2D eigenvalue weighted by Gasteiger charge is -2.34. The number of benzene rings is 1. The second-order valence-electron chi connectivity index (χ2n) is 7.29. The molecule has 1 aliphatic carbocycles. The Morgan fingerprint density at radius 1 is 1.07 bits per heavy atom. The van der Waals surface area contributed by atoms with E-state index >= 15 is 0 Å². The number of carbonyl (C=O) groups is 2. The molecule has 2 amide bonds. The van der Waals surface area contributed by atoms with Gasteiger partial charge in [0.15, 0.2) is 0 Å². The first-order chi connectivity index (χ1) is 13.4. The molecule has 28 heavy (non-hydrogen) atoms. The lowest BCUT2D eigenvalue weighted by atomic mass is 9.89. The van der Waals surface area contributed by atoms with E-state index in [0.29, 0.717) is 18.1 Å². The highest BCUT2D eigenvalue weighted by molar-refractivity contribution is 7.89. The minimum absolute atomic E-state index is 0.0150. The number of nitrogens with zero attached hydrogens (tertiary/aromatic N) is 2. The Morgan fingerprint density at radius 3 is 2.39 bits per heavy atom. The van der Waals surface area contributed by atoms with Crippen LogP contribution in [0.3, 0.4) is 0 Å². The van der Waals surface area contributed by atoms with Gasteiger partial charge in [-0.3, -0.25) is 9.59 Å². The van der Waals surface area contributed by atoms with Crippen LogP contribution < -0.4 is 5.32 Å². The fraction of sp³-hybridized carbons (Fsp3) is 0.579. The van der Waals surface area contributed by atoms with Gasteiger partial charge in [0.25, 0.3) is 0 Å². The molecule has 0 atom stereocenters. The van der Waals surface area contributed by atoms with Crippen LogP contribution in [0.4, 0.5) is 0 Å². The first-order valence-electron chi connectivity index (χ1n) is 9.69. The van der Waals surface area contributed by atoms with Gasteiger partial charge in [0.1, 0.15) is 0 Å². The van der Waals surface area contributed by atoms with Gasteiger partial charge >= 0.3 is 0 Å². The average molecular weight is 428 g/mol. The molecule has 1 aliphatic heterocycles. The van der Waals surface area contributed by atoms with Crippen molar-refractivity contribution in [3.63, 3.8) is 0 Å². The molecule has 1 aromatic carbocycles. The topological polar surface area (TPSA) is 86.8 Å². The van der Waals surface area contributed by atoms with Crippen LogP contribution in [0.25, 0.3) is 0 Å². The normalized spacial score (nSPS) is 19.4. The molecule has 0 aromatic heterocycles. The molecule has 0 spiro atoms. The van der Waals surface area contributed by atoms with Gasteiger partial charge < -0.3 is 10.2 Å². The van der Waals surface area contributed by atoms with Gasteiger partial charge in [-0.2, -0.15) is 4.31 Å². The number of hydrogen-bond acceptors (Lipinski definition) is 4. The summed E-state index contributed by atoms with van der Waals surface area (Å²) in [6.07, 6.45) is 5.08. The van der Waals surface area contributed by atoms with Crippen molar-refractivity contribution in [1.29, 1.82) is 0 Å². The van der Waals surface area contributed by atoms with E-state index < -0.39 is 10.0 Å². The van der Waals surface area contributed by atoms with Crippen LogP contribution in [0.2, 0.25) is 5.02 Å². The minimum atomic E-state index is -3.63. The SMILES string of the molecule is O=C(NCC(=O)N1CCN(S(=O)(=O)c2cccc(Cl)c2)CC1)C1CCCCC1. The van der Waals surface area contributed by atoms with E-state index in [1.54, 1.807) is 17.0 Å². The molecule has 7 nitrogen and oxygen atoms in total. The van der Waals surface area contributed by atoms with Crippen LogP contribution >= 0.6 is 11.6 Å². The number of sulfonamides is 1. The van der Waals surface area contributed by atoms with E-state index in [1.165, 1.54) is 22.9 Å². The van der Waals surface area contributed by atoms with E-state index in [2.05, 4.69) is 5.32 Å². The molecule has 1 aromatic rings. The van der Waals surface area contributed by atoms with Crippen LogP contribution in [0.1, 0.15) is 32.1 Å². The number of amides is 2. The fourth-order valence-corrected chi connectivity index (χ4v) is 5.46. The number of hydrogen-bond donors (Lipinski definition) is 1. The van der Waals surface area contributed by atoms with Crippen molar-refractivity contribution in [2.75, 3.05) is 32.7 Å². The maximum atomic E-state index is 12.7. The monoisotopic (exact) mass is 427 g/mol. The van der Waals surface area contributed by atoms with E-state index in [9.17, 15) is 18.0 Å². The predicted octanol–water partition coefficient (Wildman–Crippen LogP) is 1.87. The third kappa shape index (κ3) is 5.04. The maximum Gasteiger partial charge on any atom is 0.243 e. The summed E-state index contributed by atoms with van der Waals surface area (Å²) < 4.78 is 26.8. The first-order valence-corrected chi connectivity index (χ1v) is 11.5. The molecule has 1 heterocycles. The molecule has 3 rings (SSSR count). The molecular weight excluding hydrogens is 402 g/mol. The van der Waals surface area contributed by atoms with Crippen molar-refractivity contribution < 1.29 is 18.0 Å². The average Bonchev–Trinajstić information content (AvgIpc) is 2.72. The smallest absolute Gasteiger partial charge is 0.243 e. The van der Waals surface area contributed by atoms with Crippen molar-refractivity contribution in [1.82, 2.24) is 14.5 Å². The van der Waals surface area contributed by atoms with Crippen molar-refractivity contribution in [2.45, 2.75) is 37.0 Å². The summed E-state index contributed by atoms with van der Waals surface area (Å²) in [6.45, 7) is 1.01. The quantitative estimate of drug-likeness (QED) is 0.777. The van der Waals surface area contributed by atoms with E-state index in [0.717, 1.165) is 25.7 Å². The summed E-state index contributed by atoms with van der Waals surface area (Å²) in [5.41, 5.74) is 0. The maximum absolute atomic E-state index is 12.7. The largest absolute Gasteiger partial charge is 0.347 e. The van der Waals surface area contributed by atoms with Crippen LogP contribution in [0, 0.1) is 5.92 Å². The molecular formula is C19H26ClN3O4S. The summed E-state index contributed by atoms with van der Waals surface area (Å²) in [4.78, 5) is 26.3. The summed E-state index contributed by atoms with van der Waals surface area (Å²) in [7, 11) is -3.63. The molecule has 0 radical (unpaired) electrons. The second kappa shape index (κ2) is 9.24. The minimum Gasteiger partial charge on any atom is -0.347 e. The van der Waals surface area contributed by atoms with Crippen LogP contribution in [-0.2, 0) is 19.6 Å². The third-order valence-electron chi connectivity index (χ3n) is 5.42. The fourth-order valence-electron chi connectivity index (χ4n) is 3.74. The van der Waals surface area contributed by atoms with E-state index in [-0.39, 0.29) is 42.3 Å². The number of rotatable bonds is 5. The van der Waals surface area contributed by atoms with Crippen molar-refractivity contribution in [3.8, 4) is 0 Å². The Bertz CT molecular complexity index is 816. The lowest BCUT2D eigenvalue weighted by molar-refractivity contribution is -0.135. The van der Waals surface area contributed by atoms with Gasteiger partial charge in [-0.15, -0.1) is 0 Å². The van der Waals surface area contributed by atoms with Crippen LogP contribution in [0.15, 0.2) is 29.2 Å². The van der Waals surface area contributed by atoms with Gasteiger partial charge in [0, 0.05) is 37.1 Å². The number of nitrogens with one attached hydrogen (secondary N) is 1. The molecule has 1 saturated carbocycles. The molecule has 0 bridgehead atoms. The number of carbonyl (C=O) groups excluding carboxylic acids is 2. The highest BCUT2D eigenvalue weighted by Gasteiger charge is 2.30. The Balaban J connectivity index is 1.49. The third-order valence-corrected chi connectivity index (χ3v) is 7.54. The van der Waals surface area contributed by atoms with Gasteiger partial charge in [-0.05, 0) is 31.0 Å². The Hall–Kier alpha value is -1.64. The molecule has 154 valence electrons. The zero-order valence-electron chi connectivity index (χ0n) is 15.8. The molecule has 2 fully saturated rings. The number of halogens is 1. The van der Waals surface area contributed by atoms with Crippen LogP contribution in [0.5, 0.6) is 0 Å².